The molecule has 1 aliphatic heterocycles. The van der Waals surface area contributed by atoms with E-state index in [1.807, 2.05) is 0 Å². The Bertz CT molecular complexity index is 347. The fraction of sp³-hybridized carbons (Fsp3) is 0.455. The van der Waals surface area contributed by atoms with Gasteiger partial charge in [0.25, 0.3) is 0 Å². The Morgan fingerprint density at radius 1 is 1.20 bits per heavy atom. The topological polar surface area (TPSA) is 29.0 Å². The number of hydrogen-bond acceptors (Lipinski definition) is 3. The molecule has 1 fully saturated rings. The van der Waals surface area contributed by atoms with Crippen molar-refractivity contribution >= 4 is 21.9 Å². The van der Waals surface area contributed by atoms with Crippen LogP contribution in [-0.2, 0) is 0 Å². The molecular formula is C11H14BrN3. The van der Waals surface area contributed by atoms with Crippen LogP contribution in [0.1, 0.15) is 19.3 Å². The minimum atomic E-state index is 0.827. The van der Waals surface area contributed by atoms with Crippen molar-refractivity contribution in [2.75, 3.05) is 18.0 Å². The number of hydrogen-bond donors (Lipinski definition) is 0. The lowest BCUT2D eigenvalue weighted by atomic mass is 10.1. The van der Waals surface area contributed by atoms with Gasteiger partial charge in [0.05, 0.1) is 4.47 Å². The molecule has 80 valence electrons. The maximum atomic E-state index is 4.31. The fourth-order valence-corrected chi connectivity index (χ4v) is 1.92. The van der Waals surface area contributed by atoms with Crippen LogP contribution < -0.4 is 4.90 Å². The van der Waals surface area contributed by atoms with Gasteiger partial charge in [-0.25, -0.2) is 9.97 Å². The van der Waals surface area contributed by atoms with Gasteiger partial charge in [0.15, 0.2) is 0 Å². The van der Waals surface area contributed by atoms with E-state index in [4.69, 9.17) is 0 Å². The standard InChI is InChI=1S/C11H14BrN3/c1-9-3-2-5-15(6-4-9)11-13-7-10(12)8-14-11/h7-8H,1-6H2. The Labute approximate surface area is 98.4 Å². The van der Waals surface area contributed by atoms with Crippen molar-refractivity contribution in [3.63, 3.8) is 0 Å². The third kappa shape index (κ3) is 2.78. The monoisotopic (exact) mass is 267 g/mol. The summed E-state index contributed by atoms with van der Waals surface area (Å²) in [6.07, 6.45) is 6.93. The molecule has 15 heavy (non-hydrogen) atoms. The normalized spacial score (nSPS) is 17.7. The molecule has 2 heterocycles. The maximum absolute atomic E-state index is 4.31. The molecule has 0 N–H and O–H groups in total. The Balaban J connectivity index is 2.09. The highest BCUT2D eigenvalue weighted by Crippen LogP contribution is 2.18. The first-order chi connectivity index (χ1) is 7.25. The van der Waals surface area contributed by atoms with Gasteiger partial charge in [0.1, 0.15) is 0 Å². The lowest BCUT2D eigenvalue weighted by Crippen LogP contribution is -2.25. The summed E-state index contributed by atoms with van der Waals surface area (Å²) in [5.74, 6) is 0.827. The average Bonchev–Trinajstić information content (AvgIpc) is 2.44. The summed E-state index contributed by atoms with van der Waals surface area (Å²) in [5.41, 5.74) is 1.34. The molecule has 0 atom stereocenters. The van der Waals surface area contributed by atoms with Crippen LogP contribution in [-0.4, -0.2) is 23.1 Å². The van der Waals surface area contributed by atoms with E-state index in [1.165, 1.54) is 5.57 Å². The van der Waals surface area contributed by atoms with Gasteiger partial charge < -0.3 is 4.90 Å². The molecule has 2 rings (SSSR count). The van der Waals surface area contributed by atoms with Gasteiger partial charge in [-0.3, -0.25) is 0 Å². The van der Waals surface area contributed by atoms with Crippen molar-refractivity contribution in [3.8, 4) is 0 Å². The van der Waals surface area contributed by atoms with Crippen LogP contribution in [0.15, 0.2) is 29.0 Å². The van der Waals surface area contributed by atoms with E-state index in [-0.39, 0.29) is 0 Å². The van der Waals surface area contributed by atoms with Crippen LogP contribution in [0.25, 0.3) is 0 Å². The zero-order valence-corrected chi connectivity index (χ0v) is 10.2. The lowest BCUT2D eigenvalue weighted by molar-refractivity contribution is 0.761. The first-order valence-electron chi connectivity index (χ1n) is 5.15. The third-order valence-corrected chi connectivity index (χ3v) is 2.99. The van der Waals surface area contributed by atoms with E-state index in [2.05, 4.69) is 37.4 Å². The summed E-state index contributed by atoms with van der Waals surface area (Å²) in [5, 5.41) is 0. The van der Waals surface area contributed by atoms with Crippen molar-refractivity contribution in [1.29, 1.82) is 0 Å². The molecule has 1 saturated heterocycles. The maximum Gasteiger partial charge on any atom is 0.225 e. The number of aromatic nitrogens is 2. The quantitative estimate of drug-likeness (QED) is 0.733. The van der Waals surface area contributed by atoms with E-state index < -0.39 is 0 Å². The largest absolute Gasteiger partial charge is 0.340 e. The summed E-state index contributed by atoms with van der Waals surface area (Å²) in [7, 11) is 0. The highest BCUT2D eigenvalue weighted by atomic mass is 79.9. The molecular weight excluding hydrogens is 254 g/mol. The zero-order valence-electron chi connectivity index (χ0n) is 8.62. The second-order valence-corrected chi connectivity index (χ2v) is 4.71. The fourth-order valence-electron chi connectivity index (χ4n) is 1.72. The summed E-state index contributed by atoms with van der Waals surface area (Å²) in [6, 6.07) is 0. The molecule has 0 unspecified atom stereocenters. The summed E-state index contributed by atoms with van der Waals surface area (Å²) >= 11 is 3.34. The van der Waals surface area contributed by atoms with Crippen LogP contribution in [0, 0.1) is 0 Å². The highest BCUT2D eigenvalue weighted by Gasteiger charge is 2.13. The molecule has 1 aliphatic rings. The predicted molar refractivity (Wildman–Crippen MR) is 64.9 cm³/mol. The number of halogens is 1. The Hall–Kier alpha value is -0.900. The highest BCUT2D eigenvalue weighted by molar-refractivity contribution is 9.10. The van der Waals surface area contributed by atoms with Crippen LogP contribution in [0.3, 0.4) is 0 Å². The van der Waals surface area contributed by atoms with Crippen LogP contribution in [0.2, 0.25) is 0 Å². The Morgan fingerprint density at radius 3 is 2.67 bits per heavy atom. The van der Waals surface area contributed by atoms with E-state index in [0.717, 1.165) is 42.8 Å². The SMILES string of the molecule is C=C1CCCN(c2ncc(Br)cn2)CC1. The third-order valence-electron chi connectivity index (χ3n) is 2.58. The van der Waals surface area contributed by atoms with Gasteiger partial charge in [0, 0.05) is 25.5 Å². The Morgan fingerprint density at radius 2 is 1.93 bits per heavy atom. The molecule has 1 aromatic heterocycles. The van der Waals surface area contributed by atoms with Gasteiger partial charge in [-0.15, -0.1) is 0 Å². The summed E-state index contributed by atoms with van der Waals surface area (Å²) in [4.78, 5) is 10.8. The van der Waals surface area contributed by atoms with Crippen molar-refractivity contribution in [2.45, 2.75) is 19.3 Å². The van der Waals surface area contributed by atoms with Crippen molar-refractivity contribution < 1.29 is 0 Å². The zero-order chi connectivity index (χ0) is 10.7. The molecule has 0 aliphatic carbocycles. The first kappa shape index (κ1) is 10.6. The van der Waals surface area contributed by atoms with Gasteiger partial charge in [-0.2, -0.15) is 0 Å². The van der Waals surface area contributed by atoms with Gasteiger partial charge >= 0.3 is 0 Å². The molecule has 0 amide bonds. The molecule has 0 saturated carbocycles. The summed E-state index contributed by atoms with van der Waals surface area (Å²) < 4.78 is 0.922. The predicted octanol–water partition coefficient (Wildman–Crippen LogP) is 2.79. The minimum absolute atomic E-state index is 0.827. The molecule has 0 radical (unpaired) electrons. The molecule has 4 heteroatoms. The van der Waals surface area contributed by atoms with Crippen molar-refractivity contribution in [3.05, 3.63) is 29.0 Å². The first-order valence-corrected chi connectivity index (χ1v) is 5.94. The van der Waals surface area contributed by atoms with Gasteiger partial charge in [-0.1, -0.05) is 12.2 Å². The second kappa shape index (κ2) is 4.75. The molecule has 0 bridgehead atoms. The van der Waals surface area contributed by atoms with Crippen molar-refractivity contribution in [1.82, 2.24) is 9.97 Å². The number of rotatable bonds is 1. The molecule has 3 nitrogen and oxygen atoms in total. The lowest BCUT2D eigenvalue weighted by Gasteiger charge is -2.19. The number of nitrogens with zero attached hydrogens (tertiary/aromatic N) is 3. The molecule has 0 spiro atoms. The molecule has 1 aromatic rings. The Kier molecular flexibility index (Phi) is 3.36. The van der Waals surface area contributed by atoms with E-state index >= 15 is 0 Å². The van der Waals surface area contributed by atoms with E-state index in [9.17, 15) is 0 Å². The molecule has 0 aromatic carbocycles. The summed E-state index contributed by atoms with van der Waals surface area (Å²) in [6.45, 7) is 6.06. The average molecular weight is 268 g/mol. The van der Waals surface area contributed by atoms with Crippen LogP contribution in [0.4, 0.5) is 5.95 Å². The van der Waals surface area contributed by atoms with E-state index in [0.29, 0.717) is 0 Å². The van der Waals surface area contributed by atoms with Crippen LogP contribution >= 0.6 is 15.9 Å². The second-order valence-electron chi connectivity index (χ2n) is 3.79. The van der Waals surface area contributed by atoms with Crippen LogP contribution in [0.5, 0.6) is 0 Å². The number of anilines is 1. The smallest absolute Gasteiger partial charge is 0.225 e. The van der Waals surface area contributed by atoms with Gasteiger partial charge in [0.2, 0.25) is 5.95 Å². The van der Waals surface area contributed by atoms with Gasteiger partial charge in [-0.05, 0) is 35.2 Å². The van der Waals surface area contributed by atoms with Crippen molar-refractivity contribution in [2.24, 2.45) is 0 Å². The van der Waals surface area contributed by atoms with E-state index in [1.54, 1.807) is 12.4 Å². The minimum Gasteiger partial charge on any atom is -0.340 e.